The van der Waals surface area contributed by atoms with Gasteiger partial charge in [0.15, 0.2) is 0 Å². The van der Waals surface area contributed by atoms with Crippen LogP contribution in [0.3, 0.4) is 0 Å². The van der Waals surface area contributed by atoms with Crippen LogP contribution in [0.1, 0.15) is 12.8 Å². The van der Waals surface area contributed by atoms with Crippen molar-refractivity contribution in [1.82, 2.24) is 4.31 Å². The van der Waals surface area contributed by atoms with Gasteiger partial charge in [-0.2, -0.15) is 4.31 Å². The Hall–Kier alpha value is -1.36. The summed E-state index contributed by atoms with van der Waals surface area (Å²) in [6.45, 7) is 0.359. The third-order valence-corrected chi connectivity index (χ3v) is 7.98. The summed E-state index contributed by atoms with van der Waals surface area (Å²) in [6.07, 6.45) is 1.03. The van der Waals surface area contributed by atoms with Gasteiger partial charge in [0.25, 0.3) is 10.0 Å². The molecule has 1 N–H and O–H groups in total. The quantitative estimate of drug-likeness (QED) is 0.747. The highest BCUT2D eigenvalue weighted by Gasteiger charge is 2.34. The summed E-state index contributed by atoms with van der Waals surface area (Å²) >= 11 is 4.35. The van der Waals surface area contributed by atoms with Gasteiger partial charge in [0.1, 0.15) is 15.8 Å². The smallest absolute Gasteiger partial charge is 0.252 e. The van der Waals surface area contributed by atoms with Crippen molar-refractivity contribution >= 4 is 48.9 Å². The fourth-order valence-corrected chi connectivity index (χ4v) is 6.50. The predicted molar refractivity (Wildman–Crippen MR) is 98.5 cm³/mol. The van der Waals surface area contributed by atoms with Crippen molar-refractivity contribution in [3.05, 3.63) is 45.8 Å². The lowest BCUT2D eigenvalue weighted by Crippen LogP contribution is -2.43. The maximum absolute atomic E-state index is 13.2. The number of nitrogens with one attached hydrogen (secondary N) is 1. The second-order valence-electron chi connectivity index (χ2n) is 5.91. The molecule has 1 amide bonds. The lowest BCUT2D eigenvalue weighted by atomic mass is 9.98. The van der Waals surface area contributed by atoms with Crippen LogP contribution in [0.25, 0.3) is 0 Å². The Balaban J connectivity index is 1.72. The number of benzene rings is 1. The minimum absolute atomic E-state index is 0.00895. The van der Waals surface area contributed by atoms with Gasteiger partial charge in [-0.05, 0) is 53.0 Å². The van der Waals surface area contributed by atoms with Crippen molar-refractivity contribution in [2.75, 3.05) is 18.4 Å². The Morgan fingerprint density at radius 3 is 2.54 bits per heavy atom. The zero-order valence-corrected chi connectivity index (χ0v) is 16.6. The molecule has 0 spiro atoms. The molecule has 1 saturated heterocycles. The van der Waals surface area contributed by atoms with E-state index in [4.69, 9.17) is 0 Å². The Morgan fingerprint density at radius 1 is 1.23 bits per heavy atom. The Labute approximate surface area is 162 Å². The number of nitrogens with zero attached hydrogens (tertiary/aromatic N) is 1. The average Bonchev–Trinajstić information content (AvgIpc) is 3.01. The van der Waals surface area contributed by atoms with Crippen molar-refractivity contribution in [3.63, 3.8) is 0 Å². The molecule has 1 aliphatic rings. The van der Waals surface area contributed by atoms with Crippen LogP contribution in [0.5, 0.6) is 0 Å². The van der Waals surface area contributed by atoms with E-state index in [-0.39, 0.29) is 16.4 Å². The van der Waals surface area contributed by atoms with Crippen molar-refractivity contribution < 1.29 is 22.0 Å². The maximum atomic E-state index is 13.2. The van der Waals surface area contributed by atoms with Gasteiger partial charge in [-0.1, -0.05) is 0 Å². The number of amides is 1. The van der Waals surface area contributed by atoms with Crippen molar-refractivity contribution in [2.45, 2.75) is 17.1 Å². The van der Waals surface area contributed by atoms with E-state index in [0.717, 1.165) is 23.5 Å². The second-order valence-corrected chi connectivity index (χ2v) is 10.5. The summed E-state index contributed by atoms with van der Waals surface area (Å²) < 4.78 is 54.1. The number of piperidine rings is 1. The molecular formula is C16H15BrF2N2O3S2. The third kappa shape index (κ3) is 4.30. The summed E-state index contributed by atoms with van der Waals surface area (Å²) in [5.74, 6) is -2.64. The zero-order valence-electron chi connectivity index (χ0n) is 13.4. The van der Waals surface area contributed by atoms with Crippen molar-refractivity contribution in [3.8, 4) is 0 Å². The number of carbonyl (C=O) groups excluding carboxylic acids is 1. The molecule has 10 heteroatoms. The monoisotopic (exact) mass is 464 g/mol. The summed E-state index contributed by atoms with van der Waals surface area (Å²) in [7, 11) is -3.67. The maximum Gasteiger partial charge on any atom is 0.252 e. The first-order chi connectivity index (χ1) is 12.3. The van der Waals surface area contributed by atoms with Crippen LogP contribution in [-0.4, -0.2) is 31.7 Å². The van der Waals surface area contributed by atoms with Crippen LogP contribution >= 0.6 is 27.3 Å². The molecule has 0 aliphatic carbocycles. The first kappa shape index (κ1) is 19.4. The summed E-state index contributed by atoms with van der Waals surface area (Å²) in [4.78, 5) is 12.4. The molecule has 1 atom stereocenters. The summed E-state index contributed by atoms with van der Waals surface area (Å²) in [5, 5.41) is 2.46. The van der Waals surface area contributed by atoms with E-state index in [9.17, 15) is 22.0 Å². The lowest BCUT2D eigenvalue weighted by molar-refractivity contribution is -0.120. The van der Waals surface area contributed by atoms with E-state index in [1.54, 1.807) is 6.07 Å². The topological polar surface area (TPSA) is 66.5 Å². The van der Waals surface area contributed by atoms with E-state index in [1.807, 2.05) is 0 Å². The van der Waals surface area contributed by atoms with Crippen LogP contribution in [0.2, 0.25) is 0 Å². The molecule has 2 aromatic rings. The summed E-state index contributed by atoms with van der Waals surface area (Å²) in [5.41, 5.74) is 0.00895. The fraction of sp³-hybridized carbons (Fsp3) is 0.312. The van der Waals surface area contributed by atoms with Crippen molar-refractivity contribution in [2.24, 2.45) is 5.92 Å². The van der Waals surface area contributed by atoms with E-state index < -0.39 is 33.5 Å². The average molecular weight is 465 g/mol. The van der Waals surface area contributed by atoms with Gasteiger partial charge in [0.2, 0.25) is 5.91 Å². The van der Waals surface area contributed by atoms with E-state index in [0.29, 0.717) is 29.2 Å². The zero-order chi connectivity index (χ0) is 18.9. The van der Waals surface area contributed by atoms with Gasteiger partial charge in [0, 0.05) is 24.8 Å². The molecule has 0 radical (unpaired) electrons. The number of sulfonamides is 1. The minimum Gasteiger partial charge on any atom is -0.326 e. The first-order valence-corrected chi connectivity index (χ1v) is 10.8. The fourth-order valence-electron chi connectivity index (χ4n) is 2.81. The second kappa shape index (κ2) is 7.71. The third-order valence-electron chi connectivity index (χ3n) is 4.03. The molecule has 1 aliphatic heterocycles. The van der Waals surface area contributed by atoms with Gasteiger partial charge < -0.3 is 5.32 Å². The van der Waals surface area contributed by atoms with Gasteiger partial charge in [0.05, 0.1) is 9.70 Å². The molecular weight excluding hydrogens is 450 g/mol. The molecule has 1 unspecified atom stereocenters. The standard InChI is InChI=1S/C16H15BrF2N2O3S2/c17-14-3-4-15(25-14)26(23,24)21-5-1-2-10(9-21)16(22)20-13-7-11(18)6-12(19)8-13/h3-4,6-8,10H,1-2,5,9H2,(H,20,22). The molecule has 26 heavy (non-hydrogen) atoms. The number of hydrogen-bond donors (Lipinski definition) is 1. The van der Waals surface area contributed by atoms with Crippen LogP contribution < -0.4 is 5.32 Å². The molecule has 140 valence electrons. The molecule has 3 rings (SSSR count). The Bertz CT molecular complexity index is 913. The van der Waals surface area contributed by atoms with Crippen LogP contribution in [0.4, 0.5) is 14.5 Å². The Kier molecular flexibility index (Phi) is 5.75. The molecule has 2 heterocycles. The first-order valence-electron chi connectivity index (χ1n) is 7.78. The number of thiophene rings is 1. The highest BCUT2D eigenvalue weighted by atomic mass is 79.9. The normalized spacial score (nSPS) is 18.7. The molecule has 1 fully saturated rings. The van der Waals surface area contributed by atoms with Crippen LogP contribution in [0.15, 0.2) is 38.3 Å². The van der Waals surface area contributed by atoms with Crippen LogP contribution in [-0.2, 0) is 14.8 Å². The van der Waals surface area contributed by atoms with Crippen LogP contribution in [0, 0.1) is 17.6 Å². The van der Waals surface area contributed by atoms with E-state index in [1.165, 1.54) is 10.4 Å². The molecule has 5 nitrogen and oxygen atoms in total. The minimum atomic E-state index is -3.67. The lowest BCUT2D eigenvalue weighted by Gasteiger charge is -2.30. The largest absolute Gasteiger partial charge is 0.326 e. The van der Waals surface area contributed by atoms with Gasteiger partial charge in [-0.25, -0.2) is 17.2 Å². The highest BCUT2D eigenvalue weighted by molar-refractivity contribution is 9.11. The number of hydrogen-bond acceptors (Lipinski definition) is 4. The van der Waals surface area contributed by atoms with Crippen molar-refractivity contribution in [1.29, 1.82) is 0 Å². The number of anilines is 1. The highest BCUT2D eigenvalue weighted by Crippen LogP contribution is 2.31. The predicted octanol–water partition coefficient (Wildman–Crippen LogP) is 3.83. The number of rotatable bonds is 4. The molecule has 0 saturated carbocycles. The Morgan fingerprint density at radius 2 is 1.92 bits per heavy atom. The number of halogens is 3. The van der Waals surface area contributed by atoms with E-state index >= 15 is 0 Å². The number of carbonyl (C=O) groups is 1. The van der Waals surface area contributed by atoms with Gasteiger partial charge >= 0.3 is 0 Å². The molecule has 1 aromatic carbocycles. The molecule has 1 aromatic heterocycles. The van der Waals surface area contributed by atoms with Gasteiger partial charge in [-0.3, -0.25) is 4.79 Å². The van der Waals surface area contributed by atoms with Gasteiger partial charge in [-0.15, -0.1) is 11.3 Å². The summed E-state index contributed by atoms with van der Waals surface area (Å²) in [6, 6.07) is 5.92. The molecule has 0 bridgehead atoms. The SMILES string of the molecule is O=C(Nc1cc(F)cc(F)c1)C1CCCN(S(=O)(=O)c2ccc(Br)s2)C1. The van der Waals surface area contributed by atoms with E-state index in [2.05, 4.69) is 21.2 Å².